The van der Waals surface area contributed by atoms with E-state index in [1.807, 2.05) is 24.3 Å². The maximum Gasteiger partial charge on any atom is 0.255 e. The molecule has 0 bridgehead atoms. The first-order valence-electron chi connectivity index (χ1n) is 8.92. The van der Waals surface area contributed by atoms with E-state index in [0.717, 1.165) is 5.56 Å². The van der Waals surface area contributed by atoms with E-state index in [2.05, 4.69) is 10.3 Å². The molecule has 2 heterocycles. The number of fused-ring (bicyclic) bond motifs is 1. The van der Waals surface area contributed by atoms with Gasteiger partial charge in [0.15, 0.2) is 0 Å². The van der Waals surface area contributed by atoms with E-state index < -0.39 is 10.0 Å². The molecule has 1 amide bonds. The standard InChI is InChI=1S/C21H19N3O3S/c25-21(23-19-8-4-11-22-14-19)17-7-3-9-20(13-17)28(26,27)24-12-10-16-5-1-2-6-18(16)15-24/h1-9,11,13-14H,10,12,15H2,(H,23,25). The molecule has 0 radical (unpaired) electrons. The third-order valence-corrected chi connectivity index (χ3v) is 6.59. The van der Waals surface area contributed by atoms with Gasteiger partial charge < -0.3 is 5.32 Å². The second-order valence-corrected chi connectivity index (χ2v) is 8.52. The summed E-state index contributed by atoms with van der Waals surface area (Å²) in [6.07, 6.45) is 3.82. The van der Waals surface area contributed by atoms with Crippen LogP contribution in [0.15, 0.2) is 78.0 Å². The first kappa shape index (κ1) is 18.3. The van der Waals surface area contributed by atoms with Crippen LogP contribution in [0.25, 0.3) is 0 Å². The summed E-state index contributed by atoms with van der Waals surface area (Å²) in [5.41, 5.74) is 3.03. The molecule has 0 unspecified atom stereocenters. The molecule has 0 fully saturated rings. The molecule has 3 aromatic rings. The molecular weight excluding hydrogens is 374 g/mol. The van der Waals surface area contributed by atoms with Crippen molar-refractivity contribution in [3.05, 3.63) is 89.7 Å². The lowest BCUT2D eigenvalue weighted by molar-refractivity contribution is 0.102. The van der Waals surface area contributed by atoms with Gasteiger partial charge in [-0.2, -0.15) is 4.31 Å². The SMILES string of the molecule is O=C(Nc1cccnc1)c1cccc(S(=O)(=O)N2CCc3ccccc3C2)c1. The molecule has 0 saturated carbocycles. The summed E-state index contributed by atoms with van der Waals surface area (Å²) in [5, 5.41) is 2.72. The van der Waals surface area contributed by atoms with Crippen LogP contribution >= 0.6 is 0 Å². The van der Waals surface area contributed by atoms with Crippen molar-refractivity contribution in [1.29, 1.82) is 0 Å². The average Bonchev–Trinajstić information content (AvgIpc) is 2.74. The van der Waals surface area contributed by atoms with Crippen LogP contribution in [0.4, 0.5) is 5.69 Å². The van der Waals surface area contributed by atoms with Gasteiger partial charge in [0.05, 0.1) is 16.8 Å². The predicted octanol–water partition coefficient (Wildman–Crippen LogP) is 3.08. The first-order valence-corrected chi connectivity index (χ1v) is 10.4. The zero-order valence-electron chi connectivity index (χ0n) is 15.1. The second kappa shape index (κ2) is 7.53. The van der Waals surface area contributed by atoms with Gasteiger partial charge in [-0.3, -0.25) is 9.78 Å². The number of sulfonamides is 1. The Balaban J connectivity index is 1.57. The third kappa shape index (κ3) is 3.67. The van der Waals surface area contributed by atoms with Crippen molar-refractivity contribution in [3.63, 3.8) is 0 Å². The highest BCUT2D eigenvalue weighted by Crippen LogP contribution is 2.25. The predicted molar refractivity (Wildman–Crippen MR) is 106 cm³/mol. The quantitative estimate of drug-likeness (QED) is 0.739. The molecule has 1 N–H and O–H groups in total. The van der Waals surface area contributed by atoms with Gasteiger partial charge in [0, 0.05) is 24.8 Å². The van der Waals surface area contributed by atoms with Crippen molar-refractivity contribution in [3.8, 4) is 0 Å². The number of pyridine rings is 1. The van der Waals surface area contributed by atoms with Gasteiger partial charge in [-0.15, -0.1) is 0 Å². The molecule has 0 saturated heterocycles. The molecule has 1 aliphatic rings. The average molecular weight is 393 g/mol. The lowest BCUT2D eigenvalue weighted by Gasteiger charge is -2.28. The van der Waals surface area contributed by atoms with Crippen molar-refractivity contribution in [2.45, 2.75) is 17.9 Å². The van der Waals surface area contributed by atoms with Crippen LogP contribution in [0.2, 0.25) is 0 Å². The van der Waals surface area contributed by atoms with E-state index in [1.54, 1.807) is 30.5 Å². The van der Waals surface area contributed by atoms with Crippen LogP contribution in [0.5, 0.6) is 0 Å². The Bertz CT molecular complexity index is 1110. The molecule has 4 rings (SSSR count). The number of nitrogens with zero attached hydrogens (tertiary/aromatic N) is 2. The summed E-state index contributed by atoms with van der Waals surface area (Å²) in [6.45, 7) is 0.760. The Hall–Kier alpha value is -3.03. The van der Waals surface area contributed by atoms with E-state index in [-0.39, 0.29) is 16.4 Å². The highest BCUT2D eigenvalue weighted by molar-refractivity contribution is 7.89. The Morgan fingerprint density at radius 1 is 1.00 bits per heavy atom. The number of hydrogen-bond donors (Lipinski definition) is 1. The molecular formula is C21H19N3O3S. The number of anilines is 1. The number of carbonyl (C=O) groups excluding carboxylic acids is 1. The van der Waals surface area contributed by atoms with Crippen molar-refractivity contribution < 1.29 is 13.2 Å². The van der Waals surface area contributed by atoms with E-state index in [4.69, 9.17) is 0 Å². The lowest BCUT2D eigenvalue weighted by Crippen LogP contribution is -2.36. The number of rotatable bonds is 4. The lowest BCUT2D eigenvalue weighted by atomic mass is 10.0. The minimum Gasteiger partial charge on any atom is -0.321 e. The van der Waals surface area contributed by atoms with E-state index in [0.29, 0.717) is 25.2 Å². The molecule has 0 spiro atoms. The fourth-order valence-corrected chi connectivity index (χ4v) is 4.73. The molecule has 28 heavy (non-hydrogen) atoms. The molecule has 2 aromatic carbocycles. The minimum absolute atomic E-state index is 0.116. The van der Waals surface area contributed by atoms with Crippen molar-refractivity contribution in [2.75, 3.05) is 11.9 Å². The topological polar surface area (TPSA) is 79.4 Å². The summed E-state index contributed by atoms with van der Waals surface area (Å²) in [5.74, 6) is -0.381. The molecule has 7 heteroatoms. The van der Waals surface area contributed by atoms with Crippen LogP contribution in [0.3, 0.4) is 0 Å². The normalized spacial score (nSPS) is 14.3. The maximum absolute atomic E-state index is 13.1. The Morgan fingerprint density at radius 2 is 1.82 bits per heavy atom. The summed E-state index contributed by atoms with van der Waals surface area (Å²) in [6, 6.07) is 17.4. The van der Waals surface area contributed by atoms with Crippen LogP contribution in [0.1, 0.15) is 21.5 Å². The first-order chi connectivity index (χ1) is 13.5. The molecule has 6 nitrogen and oxygen atoms in total. The van der Waals surface area contributed by atoms with Gasteiger partial charge in [-0.25, -0.2) is 8.42 Å². The number of carbonyl (C=O) groups is 1. The van der Waals surface area contributed by atoms with Crippen LogP contribution < -0.4 is 5.32 Å². The number of amides is 1. The van der Waals surface area contributed by atoms with Crippen LogP contribution in [-0.4, -0.2) is 30.2 Å². The van der Waals surface area contributed by atoms with Gasteiger partial charge >= 0.3 is 0 Å². The minimum atomic E-state index is -3.69. The van der Waals surface area contributed by atoms with Crippen LogP contribution in [0, 0.1) is 0 Å². The fourth-order valence-electron chi connectivity index (χ4n) is 3.26. The molecule has 0 atom stereocenters. The number of aromatic nitrogens is 1. The van der Waals surface area contributed by atoms with Crippen molar-refractivity contribution in [2.24, 2.45) is 0 Å². The highest BCUT2D eigenvalue weighted by atomic mass is 32.2. The largest absolute Gasteiger partial charge is 0.321 e. The summed E-state index contributed by atoms with van der Waals surface area (Å²) in [4.78, 5) is 16.6. The van der Waals surface area contributed by atoms with Gasteiger partial charge in [0.25, 0.3) is 5.91 Å². The Labute approximate surface area is 163 Å². The third-order valence-electron chi connectivity index (χ3n) is 4.75. The molecule has 1 aromatic heterocycles. The second-order valence-electron chi connectivity index (χ2n) is 6.58. The molecule has 142 valence electrons. The van der Waals surface area contributed by atoms with Gasteiger partial charge in [-0.05, 0) is 47.9 Å². The van der Waals surface area contributed by atoms with E-state index in [1.165, 1.54) is 28.2 Å². The summed E-state index contributed by atoms with van der Waals surface area (Å²) >= 11 is 0. The van der Waals surface area contributed by atoms with E-state index >= 15 is 0 Å². The van der Waals surface area contributed by atoms with Crippen LogP contribution in [-0.2, 0) is 23.0 Å². The zero-order chi connectivity index (χ0) is 19.6. The van der Waals surface area contributed by atoms with Crippen molar-refractivity contribution in [1.82, 2.24) is 9.29 Å². The van der Waals surface area contributed by atoms with Crippen molar-refractivity contribution >= 4 is 21.6 Å². The Morgan fingerprint density at radius 3 is 2.61 bits per heavy atom. The highest BCUT2D eigenvalue weighted by Gasteiger charge is 2.28. The summed E-state index contributed by atoms with van der Waals surface area (Å²) < 4.78 is 27.7. The maximum atomic E-state index is 13.1. The molecule has 0 aliphatic carbocycles. The number of nitrogens with one attached hydrogen (secondary N) is 1. The monoisotopic (exact) mass is 393 g/mol. The zero-order valence-corrected chi connectivity index (χ0v) is 15.9. The van der Waals surface area contributed by atoms with Gasteiger partial charge in [0.1, 0.15) is 0 Å². The smallest absolute Gasteiger partial charge is 0.255 e. The van der Waals surface area contributed by atoms with E-state index in [9.17, 15) is 13.2 Å². The fraction of sp³-hybridized carbons (Fsp3) is 0.143. The summed E-state index contributed by atoms with van der Waals surface area (Å²) in [7, 11) is -3.69. The number of benzene rings is 2. The molecule has 1 aliphatic heterocycles. The van der Waals surface area contributed by atoms with Gasteiger partial charge in [-0.1, -0.05) is 30.3 Å². The number of hydrogen-bond acceptors (Lipinski definition) is 4. The van der Waals surface area contributed by atoms with Gasteiger partial charge in [0.2, 0.25) is 10.0 Å². The Kier molecular flexibility index (Phi) is 4.93.